The Balaban J connectivity index is 3.23. The van der Waals surface area contributed by atoms with Gasteiger partial charge in [0, 0.05) is 15.1 Å². The average Bonchev–Trinajstić information content (AvgIpc) is 2.09. The van der Waals surface area contributed by atoms with E-state index in [9.17, 15) is 8.78 Å². The maximum atomic E-state index is 12.3. The second kappa shape index (κ2) is 4.84. The molecule has 0 atom stereocenters. The van der Waals surface area contributed by atoms with Crippen LogP contribution >= 0.6 is 50.1 Å². The van der Waals surface area contributed by atoms with Gasteiger partial charge in [0.25, 0.3) is 6.43 Å². The third-order valence-electron chi connectivity index (χ3n) is 1.42. The Kier molecular flexibility index (Phi) is 4.31. The van der Waals surface area contributed by atoms with Crippen molar-refractivity contribution in [1.82, 2.24) is 4.98 Å². The van der Waals surface area contributed by atoms with Gasteiger partial charge in [0.1, 0.15) is 0 Å². The predicted octanol–water partition coefficient (Wildman–Crippen LogP) is 4.17. The number of hydrogen-bond acceptors (Lipinski definition) is 1. The first-order valence-corrected chi connectivity index (χ1v) is 5.82. The lowest BCUT2D eigenvalue weighted by Gasteiger charge is -2.06. The predicted molar refractivity (Wildman–Crippen MR) is 59.6 cm³/mol. The number of pyridine rings is 1. The summed E-state index contributed by atoms with van der Waals surface area (Å²) in [5.74, 6) is 0. The highest BCUT2D eigenvalue weighted by Gasteiger charge is 2.16. The smallest absolute Gasteiger partial charge is 0.258 e. The molecule has 1 nitrogen and oxygen atoms in total. The molecule has 0 spiro atoms. The standard InChI is InChI=1S/C7H4BrClF2IN/c8-1-4-5(9)6(12)3(2-13-4)7(10)11/h2,7H,1H2. The highest BCUT2D eigenvalue weighted by molar-refractivity contribution is 14.1. The molecule has 0 radical (unpaired) electrons. The lowest BCUT2D eigenvalue weighted by Crippen LogP contribution is -1.96. The molecule has 1 aromatic rings. The first-order chi connectivity index (χ1) is 6.07. The van der Waals surface area contributed by atoms with Gasteiger partial charge >= 0.3 is 0 Å². The molecule has 13 heavy (non-hydrogen) atoms. The Hall–Kier alpha value is 0.510. The average molecular weight is 382 g/mol. The van der Waals surface area contributed by atoms with E-state index < -0.39 is 6.43 Å². The van der Waals surface area contributed by atoms with Crippen molar-refractivity contribution in [2.45, 2.75) is 11.8 Å². The number of aromatic nitrogens is 1. The molecule has 72 valence electrons. The molecule has 6 heteroatoms. The summed E-state index contributed by atoms with van der Waals surface area (Å²) >= 11 is 10.8. The Morgan fingerprint density at radius 3 is 2.69 bits per heavy atom. The van der Waals surface area contributed by atoms with Crippen molar-refractivity contribution >= 4 is 50.1 Å². The minimum atomic E-state index is -2.53. The third kappa shape index (κ3) is 2.50. The van der Waals surface area contributed by atoms with Gasteiger partial charge in [-0.25, -0.2) is 8.78 Å². The number of rotatable bonds is 2. The summed E-state index contributed by atoms with van der Waals surface area (Å²) in [7, 11) is 0. The van der Waals surface area contributed by atoms with Crippen LogP contribution in [-0.4, -0.2) is 4.98 Å². The van der Waals surface area contributed by atoms with E-state index in [2.05, 4.69) is 20.9 Å². The van der Waals surface area contributed by atoms with Crippen molar-refractivity contribution in [2.75, 3.05) is 0 Å². The number of nitrogens with zero attached hydrogens (tertiary/aromatic N) is 1. The van der Waals surface area contributed by atoms with Gasteiger partial charge in [-0.15, -0.1) is 0 Å². The fourth-order valence-electron chi connectivity index (χ4n) is 0.760. The Morgan fingerprint density at radius 2 is 2.23 bits per heavy atom. The third-order valence-corrected chi connectivity index (χ3v) is 3.84. The van der Waals surface area contributed by atoms with Gasteiger partial charge in [0.2, 0.25) is 0 Å². The van der Waals surface area contributed by atoms with E-state index in [1.165, 1.54) is 0 Å². The monoisotopic (exact) mass is 381 g/mol. The highest BCUT2D eigenvalue weighted by atomic mass is 127. The van der Waals surface area contributed by atoms with E-state index in [0.29, 0.717) is 19.6 Å². The van der Waals surface area contributed by atoms with Crippen LogP contribution in [-0.2, 0) is 5.33 Å². The summed E-state index contributed by atoms with van der Waals surface area (Å²) in [6.07, 6.45) is -1.36. The molecule has 0 unspecified atom stereocenters. The molecule has 0 fully saturated rings. The van der Waals surface area contributed by atoms with Gasteiger partial charge in [-0.05, 0) is 22.6 Å². The molecule has 0 aliphatic rings. The van der Waals surface area contributed by atoms with E-state index >= 15 is 0 Å². The van der Waals surface area contributed by atoms with E-state index in [4.69, 9.17) is 11.6 Å². The first kappa shape index (κ1) is 11.6. The van der Waals surface area contributed by atoms with Crippen molar-refractivity contribution in [3.8, 4) is 0 Å². The number of halogens is 5. The molecule has 1 heterocycles. The van der Waals surface area contributed by atoms with Gasteiger partial charge in [0.15, 0.2) is 0 Å². The number of alkyl halides is 3. The zero-order chi connectivity index (χ0) is 10.0. The number of hydrogen-bond donors (Lipinski definition) is 0. The Bertz CT molecular complexity index is 322. The van der Waals surface area contributed by atoms with Crippen LogP contribution in [0.25, 0.3) is 0 Å². The van der Waals surface area contributed by atoms with Crippen molar-refractivity contribution in [1.29, 1.82) is 0 Å². The van der Waals surface area contributed by atoms with E-state index in [0.717, 1.165) is 6.20 Å². The summed E-state index contributed by atoms with van der Waals surface area (Å²) in [6, 6.07) is 0. The van der Waals surface area contributed by atoms with E-state index in [1.54, 1.807) is 22.6 Å². The van der Waals surface area contributed by atoms with Crippen molar-refractivity contribution in [3.05, 3.63) is 26.0 Å². The summed E-state index contributed by atoms with van der Waals surface area (Å²) < 4.78 is 25.0. The van der Waals surface area contributed by atoms with Gasteiger partial charge in [0.05, 0.1) is 16.3 Å². The minimum Gasteiger partial charge on any atom is -0.258 e. The van der Waals surface area contributed by atoms with Crippen LogP contribution in [0.3, 0.4) is 0 Å². The van der Waals surface area contributed by atoms with E-state index in [-0.39, 0.29) is 5.56 Å². The lowest BCUT2D eigenvalue weighted by molar-refractivity contribution is 0.150. The first-order valence-electron chi connectivity index (χ1n) is 3.24. The SMILES string of the molecule is FC(F)c1cnc(CBr)c(Cl)c1I. The van der Waals surface area contributed by atoms with Gasteiger partial charge in [-0.1, -0.05) is 27.5 Å². The molecule has 0 aliphatic heterocycles. The van der Waals surface area contributed by atoms with Crippen LogP contribution in [0.1, 0.15) is 17.7 Å². The topological polar surface area (TPSA) is 12.9 Å². The summed E-state index contributed by atoms with van der Waals surface area (Å²) in [5, 5.41) is 0.765. The Labute approximate surface area is 101 Å². The maximum Gasteiger partial charge on any atom is 0.266 e. The summed E-state index contributed by atoms with van der Waals surface area (Å²) in [6.45, 7) is 0. The molecular formula is C7H4BrClF2IN. The normalized spacial score (nSPS) is 10.9. The van der Waals surface area contributed by atoms with E-state index in [1.807, 2.05) is 0 Å². The molecule has 0 amide bonds. The molecular weight excluding hydrogens is 378 g/mol. The molecule has 0 saturated heterocycles. The molecule has 0 aliphatic carbocycles. The van der Waals surface area contributed by atoms with Crippen molar-refractivity contribution in [2.24, 2.45) is 0 Å². The largest absolute Gasteiger partial charge is 0.266 e. The van der Waals surface area contributed by atoms with Crippen LogP contribution < -0.4 is 0 Å². The van der Waals surface area contributed by atoms with Gasteiger partial charge in [-0.3, -0.25) is 4.98 Å². The van der Waals surface area contributed by atoms with Crippen molar-refractivity contribution in [3.63, 3.8) is 0 Å². The highest BCUT2D eigenvalue weighted by Crippen LogP contribution is 2.31. The molecule has 0 N–H and O–H groups in total. The Morgan fingerprint density at radius 1 is 1.62 bits per heavy atom. The van der Waals surface area contributed by atoms with Crippen LogP contribution in [0.5, 0.6) is 0 Å². The molecule has 0 saturated carbocycles. The fraction of sp³-hybridized carbons (Fsp3) is 0.286. The van der Waals surface area contributed by atoms with Crippen molar-refractivity contribution < 1.29 is 8.78 Å². The molecule has 1 rings (SSSR count). The second-order valence-corrected chi connectivity index (χ2v) is 4.24. The van der Waals surface area contributed by atoms with Gasteiger partial charge < -0.3 is 0 Å². The lowest BCUT2D eigenvalue weighted by atomic mass is 10.2. The van der Waals surface area contributed by atoms with Gasteiger partial charge in [-0.2, -0.15) is 0 Å². The fourth-order valence-corrected chi connectivity index (χ4v) is 2.26. The second-order valence-electron chi connectivity index (χ2n) is 2.22. The minimum absolute atomic E-state index is 0.115. The quantitative estimate of drug-likeness (QED) is 0.553. The zero-order valence-corrected chi connectivity index (χ0v) is 10.7. The van der Waals surface area contributed by atoms with Crippen LogP contribution in [0, 0.1) is 3.57 Å². The van der Waals surface area contributed by atoms with Crippen LogP contribution in [0.15, 0.2) is 6.20 Å². The molecule has 1 aromatic heterocycles. The molecule has 0 aromatic carbocycles. The molecule has 0 bridgehead atoms. The summed E-state index contributed by atoms with van der Waals surface area (Å²) in [4.78, 5) is 3.82. The zero-order valence-electron chi connectivity index (χ0n) is 6.20. The maximum absolute atomic E-state index is 12.3. The van der Waals surface area contributed by atoms with Crippen LogP contribution in [0.4, 0.5) is 8.78 Å². The van der Waals surface area contributed by atoms with Crippen LogP contribution in [0.2, 0.25) is 5.02 Å². The summed E-state index contributed by atoms with van der Waals surface area (Å²) in [5.41, 5.74) is 0.464.